The van der Waals surface area contributed by atoms with E-state index in [1.807, 2.05) is 48.5 Å². The van der Waals surface area contributed by atoms with Gasteiger partial charge >= 0.3 is 5.97 Å². The van der Waals surface area contributed by atoms with Crippen LogP contribution >= 0.6 is 0 Å². The maximum atomic E-state index is 13.1. The lowest BCUT2D eigenvalue weighted by atomic mass is 10.0. The second-order valence-electron chi connectivity index (χ2n) is 7.62. The van der Waals surface area contributed by atoms with Gasteiger partial charge in [0.1, 0.15) is 0 Å². The number of carboxylic acid groups (broad SMARTS) is 1. The lowest BCUT2D eigenvalue weighted by Crippen LogP contribution is -2.35. The lowest BCUT2D eigenvalue weighted by Gasteiger charge is -2.26. The van der Waals surface area contributed by atoms with E-state index in [0.717, 1.165) is 22.4 Å². The number of ether oxygens (including phenoxy) is 2. The Labute approximate surface area is 198 Å². The summed E-state index contributed by atoms with van der Waals surface area (Å²) in [5.74, 6) is 5.15. The van der Waals surface area contributed by atoms with E-state index in [4.69, 9.17) is 14.6 Å². The van der Waals surface area contributed by atoms with Crippen LogP contribution in [0.3, 0.4) is 0 Å². The molecule has 1 aliphatic rings. The van der Waals surface area contributed by atoms with Crippen LogP contribution in [0.5, 0.6) is 0 Å². The molecule has 8 nitrogen and oxygen atoms in total. The van der Waals surface area contributed by atoms with Gasteiger partial charge in [0.25, 0.3) is 0 Å². The number of carboxylic acids is 1. The van der Waals surface area contributed by atoms with Crippen molar-refractivity contribution >= 4 is 23.5 Å². The fourth-order valence-electron chi connectivity index (χ4n) is 3.39. The van der Waals surface area contributed by atoms with Gasteiger partial charge in [-0.2, -0.15) is 0 Å². The van der Waals surface area contributed by atoms with Crippen LogP contribution in [0.1, 0.15) is 36.0 Å². The topological polar surface area (TPSA) is 105 Å². The highest BCUT2D eigenvalue weighted by Crippen LogP contribution is 2.25. The Morgan fingerprint density at radius 3 is 2.26 bits per heavy atom. The molecule has 0 radical (unpaired) electrons. The van der Waals surface area contributed by atoms with Crippen molar-refractivity contribution in [1.29, 1.82) is 0 Å². The van der Waals surface area contributed by atoms with Crippen molar-refractivity contribution in [3.8, 4) is 11.8 Å². The summed E-state index contributed by atoms with van der Waals surface area (Å²) < 4.78 is 10.4. The number of benzene rings is 2. The second kappa shape index (κ2) is 13.1. The highest BCUT2D eigenvalue weighted by atomic mass is 16.5. The van der Waals surface area contributed by atoms with Crippen LogP contribution in [0.25, 0.3) is 0 Å². The third-order valence-corrected chi connectivity index (χ3v) is 5.14. The summed E-state index contributed by atoms with van der Waals surface area (Å²) in [4.78, 5) is 37.2. The van der Waals surface area contributed by atoms with E-state index in [1.54, 1.807) is 4.90 Å². The van der Waals surface area contributed by atoms with E-state index in [2.05, 4.69) is 17.2 Å². The van der Waals surface area contributed by atoms with Crippen molar-refractivity contribution in [2.45, 2.75) is 25.8 Å². The molecule has 8 heteroatoms. The Balaban J connectivity index is 1.44. The number of rotatable bonds is 12. The second-order valence-corrected chi connectivity index (χ2v) is 7.62. The Morgan fingerprint density at radius 2 is 1.50 bits per heavy atom. The molecule has 0 bridgehead atoms. The third-order valence-electron chi connectivity index (χ3n) is 5.14. The van der Waals surface area contributed by atoms with Gasteiger partial charge in [-0.25, -0.2) is 0 Å². The summed E-state index contributed by atoms with van der Waals surface area (Å²) in [5, 5.41) is 11.3. The van der Waals surface area contributed by atoms with Crippen molar-refractivity contribution < 1.29 is 29.0 Å². The van der Waals surface area contributed by atoms with Gasteiger partial charge < -0.3 is 24.8 Å². The largest absolute Gasteiger partial charge is 0.481 e. The Hall–Kier alpha value is -3.67. The van der Waals surface area contributed by atoms with Gasteiger partial charge in [-0.3, -0.25) is 14.4 Å². The molecule has 178 valence electrons. The molecule has 0 unspecified atom stereocenters. The monoisotopic (exact) mass is 464 g/mol. The molecular formula is C26H28N2O6. The molecule has 2 aromatic carbocycles. The van der Waals surface area contributed by atoms with Gasteiger partial charge in [-0.1, -0.05) is 42.2 Å². The van der Waals surface area contributed by atoms with E-state index in [9.17, 15) is 14.4 Å². The van der Waals surface area contributed by atoms with E-state index in [-0.39, 0.29) is 64.0 Å². The first-order chi connectivity index (χ1) is 16.5. The predicted octanol–water partition coefficient (Wildman–Crippen LogP) is 2.34. The number of anilines is 1. The molecule has 2 amide bonds. The summed E-state index contributed by atoms with van der Waals surface area (Å²) >= 11 is 0. The molecule has 34 heavy (non-hydrogen) atoms. The highest BCUT2D eigenvalue weighted by molar-refractivity contribution is 5.95. The molecule has 0 fully saturated rings. The number of nitrogens with zero attached hydrogens (tertiary/aromatic N) is 1. The number of hydrogen-bond donors (Lipinski definition) is 2. The zero-order valence-corrected chi connectivity index (χ0v) is 18.9. The number of aliphatic carboxylic acids is 1. The predicted molar refractivity (Wildman–Crippen MR) is 126 cm³/mol. The first kappa shape index (κ1) is 25.0. The standard InChI is InChI=1S/C26H28N2O6/c29-24(12-15-33-17-18-34-16-13-26(31)32)27-14-11-25(30)28-19-22-7-2-1-5-20(22)9-10-21-6-3-4-8-23(21)28/h1-8H,11-19H2,(H,27,29)(H,31,32). The first-order valence-corrected chi connectivity index (χ1v) is 11.2. The Morgan fingerprint density at radius 1 is 0.853 bits per heavy atom. The fraction of sp³-hybridized carbons (Fsp3) is 0.346. The zero-order valence-electron chi connectivity index (χ0n) is 18.9. The third kappa shape index (κ3) is 7.73. The normalized spacial score (nSPS) is 11.8. The summed E-state index contributed by atoms with van der Waals surface area (Å²) in [5.41, 5.74) is 3.43. The number of nitrogens with one attached hydrogen (secondary N) is 1. The number of fused-ring (bicyclic) bond motifs is 2. The maximum absolute atomic E-state index is 13.1. The molecule has 2 N–H and O–H groups in total. The van der Waals surface area contributed by atoms with E-state index in [1.165, 1.54) is 0 Å². The summed E-state index contributed by atoms with van der Waals surface area (Å²) in [6.45, 7) is 1.54. The van der Waals surface area contributed by atoms with Crippen LogP contribution in [0.4, 0.5) is 5.69 Å². The van der Waals surface area contributed by atoms with Crippen LogP contribution in [-0.2, 0) is 30.4 Å². The van der Waals surface area contributed by atoms with Crippen LogP contribution in [-0.4, -0.2) is 55.9 Å². The molecule has 1 heterocycles. The Bertz CT molecular complexity index is 1070. The molecule has 0 aliphatic carbocycles. The van der Waals surface area contributed by atoms with Gasteiger partial charge in [-0.15, -0.1) is 0 Å². The summed E-state index contributed by atoms with van der Waals surface area (Å²) in [6.07, 6.45) is 0.275. The summed E-state index contributed by atoms with van der Waals surface area (Å²) in [7, 11) is 0. The highest BCUT2D eigenvalue weighted by Gasteiger charge is 2.21. The molecule has 0 atom stereocenters. The van der Waals surface area contributed by atoms with E-state index in [0.29, 0.717) is 6.54 Å². The zero-order chi connectivity index (χ0) is 24.2. The van der Waals surface area contributed by atoms with E-state index < -0.39 is 5.97 Å². The SMILES string of the molecule is O=C(O)CCOCCOCCC(=O)NCCC(=O)N1Cc2ccccc2C#Cc2ccccc21. The molecule has 3 rings (SSSR count). The van der Waals surface area contributed by atoms with E-state index >= 15 is 0 Å². The van der Waals surface area contributed by atoms with Crippen molar-refractivity contribution in [1.82, 2.24) is 5.32 Å². The average molecular weight is 465 g/mol. The maximum Gasteiger partial charge on any atom is 0.305 e. The number of carbonyl (C=O) groups excluding carboxylic acids is 2. The number of hydrogen-bond acceptors (Lipinski definition) is 5. The molecule has 0 saturated carbocycles. The van der Waals surface area contributed by atoms with Gasteiger partial charge in [0.15, 0.2) is 0 Å². The van der Waals surface area contributed by atoms with Crippen molar-refractivity contribution in [3.05, 3.63) is 65.2 Å². The minimum Gasteiger partial charge on any atom is -0.481 e. The van der Waals surface area contributed by atoms with Crippen LogP contribution in [0, 0.1) is 11.8 Å². The molecule has 1 aliphatic heterocycles. The number of amides is 2. The summed E-state index contributed by atoms with van der Waals surface area (Å²) in [6, 6.07) is 15.3. The molecule has 0 aromatic heterocycles. The van der Waals surface area contributed by atoms with Crippen LogP contribution < -0.4 is 10.2 Å². The van der Waals surface area contributed by atoms with Crippen molar-refractivity contribution in [2.75, 3.05) is 37.9 Å². The Kier molecular flexibility index (Phi) is 9.65. The lowest BCUT2D eigenvalue weighted by molar-refractivity contribution is -0.138. The minimum atomic E-state index is -0.912. The first-order valence-electron chi connectivity index (χ1n) is 11.2. The smallest absolute Gasteiger partial charge is 0.305 e. The van der Waals surface area contributed by atoms with Gasteiger partial charge in [0.2, 0.25) is 11.8 Å². The molecule has 0 spiro atoms. The molecular weight excluding hydrogens is 436 g/mol. The molecule has 0 saturated heterocycles. The van der Waals surface area contributed by atoms with Gasteiger partial charge in [-0.05, 0) is 23.8 Å². The number of para-hydroxylation sites is 1. The van der Waals surface area contributed by atoms with Crippen LogP contribution in [0.15, 0.2) is 48.5 Å². The minimum absolute atomic E-state index is 0.0515. The van der Waals surface area contributed by atoms with Gasteiger partial charge in [0.05, 0.1) is 45.1 Å². The van der Waals surface area contributed by atoms with Crippen molar-refractivity contribution in [2.24, 2.45) is 0 Å². The van der Waals surface area contributed by atoms with Crippen LogP contribution in [0.2, 0.25) is 0 Å². The number of carbonyl (C=O) groups is 3. The molecule has 2 aromatic rings. The fourth-order valence-corrected chi connectivity index (χ4v) is 3.39. The quantitative estimate of drug-likeness (QED) is 0.369. The van der Waals surface area contributed by atoms with Gasteiger partial charge in [0, 0.05) is 30.5 Å². The van der Waals surface area contributed by atoms with Crippen molar-refractivity contribution in [3.63, 3.8) is 0 Å². The average Bonchev–Trinajstić information content (AvgIpc) is 2.82.